The minimum atomic E-state index is -0.216. The quantitative estimate of drug-likeness (QED) is 0.318. The Balaban J connectivity index is 0.00000312. The molecule has 2 rings (SSSR count). The molecule has 4 N–H and O–H groups in total. The van der Waals surface area contributed by atoms with Crippen LogP contribution >= 0.6 is 24.0 Å². The summed E-state index contributed by atoms with van der Waals surface area (Å²) in [6.45, 7) is 0.948. The van der Waals surface area contributed by atoms with Crippen LogP contribution in [0.1, 0.15) is 11.3 Å². The summed E-state index contributed by atoms with van der Waals surface area (Å²) < 4.78 is 10.2. The number of nitrogens with zero attached hydrogens (tertiary/aromatic N) is 1. The molecule has 0 saturated carbocycles. The topological polar surface area (TPSA) is 102 Å². The van der Waals surface area contributed by atoms with Gasteiger partial charge in [-0.05, 0) is 36.2 Å². The van der Waals surface area contributed by atoms with Crippen molar-refractivity contribution in [2.75, 3.05) is 20.2 Å². The maximum Gasteiger partial charge on any atom is 0.242 e. The number of benzene rings is 1. The number of nitrogens with one attached hydrogen (secondary N) is 2. The van der Waals surface area contributed by atoms with E-state index in [9.17, 15) is 4.79 Å². The number of carbonyl (C=O) groups excluding carboxylic acids is 1. The van der Waals surface area contributed by atoms with Gasteiger partial charge in [0.25, 0.3) is 0 Å². The van der Waals surface area contributed by atoms with Crippen molar-refractivity contribution in [1.82, 2.24) is 10.6 Å². The van der Waals surface area contributed by atoms with E-state index in [-0.39, 0.29) is 42.4 Å². The Hall–Kier alpha value is -2.23. The standard InChI is InChI=1S/C17H22N4O3.HI/c1-23-14-6-4-13(5-7-14)8-9-19-17(18)21-12-16(22)20-11-15-3-2-10-24-15;/h2-7,10H,8-9,11-12H2,1H3,(H,20,22)(H3,18,19,21);1H. The van der Waals surface area contributed by atoms with Gasteiger partial charge in [0.1, 0.15) is 18.1 Å². The van der Waals surface area contributed by atoms with Crippen LogP contribution in [0.3, 0.4) is 0 Å². The van der Waals surface area contributed by atoms with Crippen LogP contribution < -0.4 is 21.1 Å². The predicted octanol–water partition coefficient (Wildman–Crippen LogP) is 1.67. The fourth-order valence-electron chi connectivity index (χ4n) is 1.99. The van der Waals surface area contributed by atoms with Crippen molar-refractivity contribution in [3.63, 3.8) is 0 Å². The average molecular weight is 458 g/mol. The summed E-state index contributed by atoms with van der Waals surface area (Å²) in [5.41, 5.74) is 6.90. The van der Waals surface area contributed by atoms with Crippen molar-refractivity contribution in [3.8, 4) is 5.75 Å². The van der Waals surface area contributed by atoms with Gasteiger partial charge in [-0.25, -0.2) is 4.99 Å². The van der Waals surface area contributed by atoms with Crippen LogP contribution in [-0.4, -0.2) is 32.1 Å². The molecule has 0 aliphatic rings. The minimum absolute atomic E-state index is 0. The molecule has 0 unspecified atom stereocenters. The summed E-state index contributed by atoms with van der Waals surface area (Å²) in [6.07, 6.45) is 2.36. The molecule has 1 aromatic carbocycles. The number of ether oxygens (including phenoxy) is 1. The number of aliphatic imine (C=N–C) groups is 1. The van der Waals surface area contributed by atoms with Crippen LogP contribution in [-0.2, 0) is 17.8 Å². The molecule has 8 heteroatoms. The van der Waals surface area contributed by atoms with Gasteiger partial charge < -0.3 is 25.5 Å². The van der Waals surface area contributed by atoms with E-state index >= 15 is 0 Å². The molecule has 7 nitrogen and oxygen atoms in total. The Morgan fingerprint density at radius 3 is 2.64 bits per heavy atom. The normalized spacial score (nSPS) is 10.7. The number of furan rings is 1. The molecule has 0 aliphatic heterocycles. The molecule has 0 spiro atoms. The van der Waals surface area contributed by atoms with Crippen LogP contribution in [0.5, 0.6) is 5.75 Å². The number of hydrogen-bond donors (Lipinski definition) is 3. The Morgan fingerprint density at radius 1 is 1.24 bits per heavy atom. The summed E-state index contributed by atoms with van der Waals surface area (Å²) in [5.74, 6) is 1.55. The Labute approximate surface area is 164 Å². The highest BCUT2D eigenvalue weighted by molar-refractivity contribution is 14.0. The van der Waals surface area contributed by atoms with E-state index in [1.54, 1.807) is 25.5 Å². The van der Waals surface area contributed by atoms with E-state index in [2.05, 4.69) is 15.6 Å². The van der Waals surface area contributed by atoms with E-state index in [1.807, 2.05) is 24.3 Å². The van der Waals surface area contributed by atoms with Gasteiger partial charge in [-0.3, -0.25) is 4.79 Å². The fourth-order valence-corrected chi connectivity index (χ4v) is 1.99. The first-order valence-corrected chi connectivity index (χ1v) is 7.63. The van der Waals surface area contributed by atoms with Gasteiger partial charge in [0.15, 0.2) is 5.96 Å². The van der Waals surface area contributed by atoms with Crippen molar-refractivity contribution in [3.05, 3.63) is 54.0 Å². The molecule has 25 heavy (non-hydrogen) atoms. The fraction of sp³-hybridized carbons (Fsp3) is 0.294. The number of guanidine groups is 1. The molecule has 0 bridgehead atoms. The molecule has 1 aromatic heterocycles. The van der Waals surface area contributed by atoms with E-state index in [4.69, 9.17) is 14.9 Å². The monoisotopic (exact) mass is 458 g/mol. The second-order valence-electron chi connectivity index (χ2n) is 5.08. The lowest BCUT2D eigenvalue weighted by molar-refractivity contribution is -0.119. The number of nitrogens with two attached hydrogens (primary N) is 1. The van der Waals surface area contributed by atoms with Gasteiger partial charge in [0.2, 0.25) is 5.91 Å². The zero-order chi connectivity index (χ0) is 17.2. The molecule has 136 valence electrons. The molecular formula is C17H23IN4O3. The smallest absolute Gasteiger partial charge is 0.242 e. The van der Waals surface area contributed by atoms with Gasteiger partial charge in [0, 0.05) is 6.54 Å². The summed E-state index contributed by atoms with van der Waals surface area (Å²) in [5, 5.41) is 5.68. The first kappa shape index (κ1) is 20.8. The maximum absolute atomic E-state index is 11.6. The third kappa shape index (κ3) is 7.92. The lowest BCUT2D eigenvalue weighted by Gasteiger charge is -2.07. The van der Waals surface area contributed by atoms with Crippen LogP contribution in [0.25, 0.3) is 0 Å². The largest absolute Gasteiger partial charge is 0.497 e. The highest BCUT2D eigenvalue weighted by Crippen LogP contribution is 2.11. The van der Waals surface area contributed by atoms with Gasteiger partial charge in [-0.2, -0.15) is 0 Å². The molecule has 0 saturated heterocycles. The van der Waals surface area contributed by atoms with Crippen LogP contribution in [0.4, 0.5) is 0 Å². The van der Waals surface area contributed by atoms with Crippen LogP contribution in [0.2, 0.25) is 0 Å². The predicted molar refractivity (Wildman–Crippen MR) is 107 cm³/mol. The lowest BCUT2D eigenvalue weighted by Crippen LogP contribution is -2.35. The number of rotatable bonds is 8. The van der Waals surface area contributed by atoms with Gasteiger partial charge >= 0.3 is 0 Å². The zero-order valence-corrected chi connectivity index (χ0v) is 16.4. The molecule has 0 radical (unpaired) electrons. The second kappa shape index (κ2) is 11.3. The second-order valence-corrected chi connectivity index (χ2v) is 5.08. The van der Waals surface area contributed by atoms with Crippen molar-refractivity contribution in [2.24, 2.45) is 10.7 Å². The lowest BCUT2D eigenvalue weighted by atomic mass is 10.1. The number of methoxy groups -OCH3 is 1. The molecule has 0 fully saturated rings. The summed E-state index contributed by atoms with van der Waals surface area (Å²) in [6, 6.07) is 11.4. The van der Waals surface area contributed by atoms with E-state index < -0.39 is 0 Å². The minimum Gasteiger partial charge on any atom is -0.497 e. The Morgan fingerprint density at radius 2 is 2.00 bits per heavy atom. The molecule has 2 aromatic rings. The van der Waals surface area contributed by atoms with E-state index in [0.717, 1.165) is 17.7 Å². The van der Waals surface area contributed by atoms with E-state index in [0.29, 0.717) is 18.8 Å². The van der Waals surface area contributed by atoms with Crippen molar-refractivity contribution < 1.29 is 13.9 Å². The molecule has 1 amide bonds. The average Bonchev–Trinajstić information content (AvgIpc) is 3.12. The van der Waals surface area contributed by atoms with Crippen LogP contribution in [0.15, 0.2) is 52.1 Å². The first-order valence-electron chi connectivity index (χ1n) is 7.63. The third-order valence-corrected chi connectivity index (χ3v) is 3.31. The third-order valence-electron chi connectivity index (χ3n) is 3.31. The SMILES string of the molecule is COc1ccc(CCNC(N)=NCC(=O)NCc2ccco2)cc1.I. The van der Waals surface area contributed by atoms with Crippen molar-refractivity contribution in [1.29, 1.82) is 0 Å². The number of hydrogen-bond acceptors (Lipinski definition) is 4. The summed E-state index contributed by atoms with van der Waals surface area (Å²) in [4.78, 5) is 15.6. The zero-order valence-electron chi connectivity index (χ0n) is 14.0. The number of amides is 1. The van der Waals surface area contributed by atoms with Crippen molar-refractivity contribution >= 4 is 35.8 Å². The number of carbonyl (C=O) groups is 1. The Kier molecular flexibility index (Phi) is 9.45. The highest BCUT2D eigenvalue weighted by Gasteiger charge is 2.02. The van der Waals surface area contributed by atoms with Gasteiger partial charge in [0.05, 0.1) is 19.9 Å². The Bertz CT molecular complexity index is 657. The molecular weight excluding hydrogens is 435 g/mol. The molecule has 0 aliphatic carbocycles. The summed E-state index contributed by atoms with van der Waals surface area (Å²) in [7, 11) is 1.64. The van der Waals surface area contributed by atoms with Gasteiger partial charge in [-0.1, -0.05) is 12.1 Å². The van der Waals surface area contributed by atoms with Crippen molar-refractivity contribution in [2.45, 2.75) is 13.0 Å². The number of halogens is 1. The van der Waals surface area contributed by atoms with Gasteiger partial charge in [-0.15, -0.1) is 24.0 Å². The molecule has 1 heterocycles. The first-order chi connectivity index (χ1) is 11.7. The van der Waals surface area contributed by atoms with E-state index in [1.165, 1.54) is 0 Å². The maximum atomic E-state index is 11.6. The van der Waals surface area contributed by atoms with Crippen LogP contribution in [0, 0.1) is 0 Å². The summed E-state index contributed by atoms with van der Waals surface area (Å²) >= 11 is 0. The highest BCUT2D eigenvalue weighted by atomic mass is 127. The molecule has 0 atom stereocenters.